The van der Waals surface area contributed by atoms with E-state index in [1.54, 1.807) is 0 Å². The molecule has 0 heterocycles. The zero-order valence-corrected chi connectivity index (χ0v) is 13.5. The summed E-state index contributed by atoms with van der Waals surface area (Å²) in [5.74, 6) is 1.64. The minimum Gasteiger partial charge on any atom is -0.457 e. The SMILES string of the molecule is Clc1ccc(Oc2cccc(C[NH2+]Cc3ccccc3)c2)cc1. The Labute approximate surface area is 141 Å². The predicted molar refractivity (Wildman–Crippen MR) is 93.7 cm³/mol. The quantitative estimate of drug-likeness (QED) is 0.714. The largest absolute Gasteiger partial charge is 0.457 e. The monoisotopic (exact) mass is 324 g/mol. The molecule has 0 aromatic heterocycles. The molecule has 0 aliphatic rings. The number of rotatable bonds is 6. The molecule has 0 radical (unpaired) electrons. The predicted octanol–water partition coefficient (Wildman–Crippen LogP) is 4.40. The molecule has 0 aliphatic carbocycles. The summed E-state index contributed by atoms with van der Waals surface area (Å²) in [6.07, 6.45) is 0. The summed E-state index contributed by atoms with van der Waals surface area (Å²) in [5, 5.41) is 3.00. The van der Waals surface area contributed by atoms with Crippen LogP contribution in [0.15, 0.2) is 78.9 Å². The van der Waals surface area contributed by atoms with Crippen molar-refractivity contribution in [3.63, 3.8) is 0 Å². The van der Waals surface area contributed by atoms with Crippen LogP contribution in [-0.2, 0) is 13.1 Å². The van der Waals surface area contributed by atoms with Crippen LogP contribution in [0.3, 0.4) is 0 Å². The molecule has 3 aromatic carbocycles. The first kappa shape index (κ1) is 15.6. The topological polar surface area (TPSA) is 25.8 Å². The van der Waals surface area contributed by atoms with E-state index >= 15 is 0 Å². The molecule has 0 amide bonds. The van der Waals surface area contributed by atoms with E-state index in [1.807, 2.05) is 42.5 Å². The summed E-state index contributed by atoms with van der Waals surface area (Å²) in [6.45, 7) is 1.90. The molecule has 3 rings (SSSR count). The standard InChI is InChI=1S/C20H18ClNO/c21-18-9-11-19(12-10-18)23-20-8-4-7-17(13-20)15-22-14-16-5-2-1-3-6-16/h1-13,22H,14-15H2/p+1. The number of quaternary nitrogens is 1. The zero-order valence-electron chi connectivity index (χ0n) is 12.8. The van der Waals surface area contributed by atoms with Crippen molar-refractivity contribution < 1.29 is 10.1 Å². The fourth-order valence-corrected chi connectivity index (χ4v) is 2.52. The Morgan fingerprint density at radius 1 is 0.696 bits per heavy atom. The summed E-state index contributed by atoms with van der Waals surface area (Å²) in [5.41, 5.74) is 2.58. The minimum atomic E-state index is 0.710. The van der Waals surface area contributed by atoms with Crippen molar-refractivity contribution >= 4 is 11.6 Å². The Bertz CT molecular complexity index is 741. The number of benzene rings is 3. The van der Waals surface area contributed by atoms with E-state index in [2.05, 4.69) is 41.7 Å². The molecule has 0 spiro atoms. The van der Waals surface area contributed by atoms with E-state index in [0.29, 0.717) is 5.02 Å². The van der Waals surface area contributed by atoms with Gasteiger partial charge in [0.15, 0.2) is 0 Å². The van der Waals surface area contributed by atoms with Gasteiger partial charge in [0, 0.05) is 16.1 Å². The van der Waals surface area contributed by atoms with Crippen LogP contribution < -0.4 is 10.1 Å². The lowest BCUT2D eigenvalue weighted by atomic mass is 10.2. The molecule has 116 valence electrons. The first-order valence-electron chi connectivity index (χ1n) is 7.67. The summed E-state index contributed by atoms with van der Waals surface area (Å²) in [6, 6.07) is 26.1. The molecule has 2 N–H and O–H groups in total. The lowest BCUT2D eigenvalue weighted by molar-refractivity contribution is -0.686. The molecule has 0 fully saturated rings. The Morgan fingerprint density at radius 3 is 2.17 bits per heavy atom. The van der Waals surface area contributed by atoms with Gasteiger partial charge in [0.25, 0.3) is 0 Å². The average Bonchev–Trinajstić information content (AvgIpc) is 2.58. The van der Waals surface area contributed by atoms with E-state index in [9.17, 15) is 0 Å². The third-order valence-corrected chi connectivity index (χ3v) is 3.80. The van der Waals surface area contributed by atoms with E-state index < -0.39 is 0 Å². The Morgan fingerprint density at radius 2 is 1.39 bits per heavy atom. The highest BCUT2D eigenvalue weighted by molar-refractivity contribution is 6.30. The molecule has 0 saturated heterocycles. The zero-order chi connectivity index (χ0) is 15.9. The van der Waals surface area contributed by atoms with Gasteiger partial charge in [0.2, 0.25) is 0 Å². The lowest BCUT2D eigenvalue weighted by Gasteiger charge is -2.08. The van der Waals surface area contributed by atoms with Crippen LogP contribution in [0, 0.1) is 0 Å². The number of ether oxygens (including phenoxy) is 1. The first-order valence-corrected chi connectivity index (χ1v) is 8.05. The van der Waals surface area contributed by atoms with E-state index in [1.165, 1.54) is 11.1 Å². The van der Waals surface area contributed by atoms with Gasteiger partial charge in [-0.3, -0.25) is 0 Å². The fraction of sp³-hybridized carbons (Fsp3) is 0.100. The maximum absolute atomic E-state index is 5.89. The third-order valence-electron chi connectivity index (χ3n) is 3.55. The maximum atomic E-state index is 5.89. The maximum Gasteiger partial charge on any atom is 0.127 e. The summed E-state index contributed by atoms with van der Waals surface area (Å²) in [4.78, 5) is 0. The molecule has 0 atom stereocenters. The molecule has 0 aliphatic heterocycles. The first-order chi connectivity index (χ1) is 11.3. The Kier molecular flexibility index (Phi) is 5.30. The number of hydrogen-bond acceptors (Lipinski definition) is 1. The molecule has 0 bridgehead atoms. The highest BCUT2D eigenvalue weighted by Crippen LogP contribution is 2.23. The van der Waals surface area contributed by atoms with Crippen molar-refractivity contribution in [2.75, 3.05) is 0 Å². The molecular formula is C20H19ClNO+. The van der Waals surface area contributed by atoms with Gasteiger partial charge in [0.05, 0.1) is 0 Å². The van der Waals surface area contributed by atoms with Gasteiger partial charge in [-0.25, -0.2) is 0 Å². The van der Waals surface area contributed by atoms with Crippen molar-refractivity contribution in [3.05, 3.63) is 95.0 Å². The molecule has 0 saturated carbocycles. The average molecular weight is 325 g/mol. The van der Waals surface area contributed by atoms with E-state index in [0.717, 1.165) is 24.6 Å². The second-order valence-electron chi connectivity index (χ2n) is 5.39. The number of halogens is 1. The van der Waals surface area contributed by atoms with Crippen molar-refractivity contribution in [1.82, 2.24) is 0 Å². The van der Waals surface area contributed by atoms with Gasteiger partial charge in [0.1, 0.15) is 24.6 Å². The van der Waals surface area contributed by atoms with Crippen LogP contribution in [0.1, 0.15) is 11.1 Å². The van der Waals surface area contributed by atoms with Gasteiger partial charge in [-0.2, -0.15) is 0 Å². The van der Waals surface area contributed by atoms with Crippen molar-refractivity contribution in [2.45, 2.75) is 13.1 Å². The highest BCUT2D eigenvalue weighted by Gasteiger charge is 2.01. The molecule has 3 aromatic rings. The van der Waals surface area contributed by atoms with Gasteiger partial charge in [-0.05, 0) is 36.4 Å². The van der Waals surface area contributed by atoms with Gasteiger partial charge < -0.3 is 10.1 Å². The third kappa shape index (κ3) is 4.85. The van der Waals surface area contributed by atoms with E-state index in [4.69, 9.17) is 16.3 Å². The van der Waals surface area contributed by atoms with Gasteiger partial charge >= 0.3 is 0 Å². The second kappa shape index (κ2) is 7.82. The second-order valence-corrected chi connectivity index (χ2v) is 5.82. The molecule has 23 heavy (non-hydrogen) atoms. The highest BCUT2D eigenvalue weighted by atomic mass is 35.5. The van der Waals surface area contributed by atoms with Crippen LogP contribution in [0.2, 0.25) is 5.02 Å². The minimum absolute atomic E-state index is 0.710. The smallest absolute Gasteiger partial charge is 0.127 e. The number of nitrogens with two attached hydrogens (primary N) is 1. The normalized spacial score (nSPS) is 10.5. The van der Waals surface area contributed by atoms with Crippen LogP contribution >= 0.6 is 11.6 Å². The summed E-state index contributed by atoms with van der Waals surface area (Å²) < 4.78 is 5.87. The van der Waals surface area contributed by atoms with Crippen LogP contribution in [0.5, 0.6) is 11.5 Å². The molecule has 2 nitrogen and oxygen atoms in total. The van der Waals surface area contributed by atoms with Crippen LogP contribution in [-0.4, -0.2) is 0 Å². The summed E-state index contributed by atoms with van der Waals surface area (Å²) in [7, 11) is 0. The lowest BCUT2D eigenvalue weighted by Crippen LogP contribution is -2.80. The van der Waals surface area contributed by atoms with Crippen molar-refractivity contribution in [3.8, 4) is 11.5 Å². The van der Waals surface area contributed by atoms with Crippen LogP contribution in [0.25, 0.3) is 0 Å². The number of hydrogen-bond donors (Lipinski definition) is 1. The fourth-order valence-electron chi connectivity index (χ4n) is 2.39. The Hall–Kier alpha value is -2.29. The molecule has 3 heteroatoms. The van der Waals surface area contributed by atoms with Crippen molar-refractivity contribution in [2.24, 2.45) is 0 Å². The van der Waals surface area contributed by atoms with Gasteiger partial charge in [-0.1, -0.05) is 54.1 Å². The Balaban J connectivity index is 1.57. The van der Waals surface area contributed by atoms with Crippen LogP contribution in [0.4, 0.5) is 0 Å². The summed E-state index contributed by atoms with van der Waals surface area (Å²) >= 11 is 5.89. The van der Waals surface area contributed by atoms with Crippen molar-refractivity contribution in [1.29, 1.82) is 0 Å². The van der Waals surface area contributed by atoms with E-state index in [-0.39, 0.29) is 0 Å². The van der Waals surface area contributed by atoms with Gasteiger partial charge in [-0.15, -0.1) is 0 Å². The molecule has 0 unspecified atom stereocenters. The molecular weight excluding hydrogens is 306 g/mol.